The summed E-state index contributed by atoms with van der Waals surface area (Å²) in [7, 11) is 1.60. The number of nitrogens with two attached hydrogens (primary N) is 1. The third-order valence-corrected chi connectivity index (χ3v) is 3.04. The zero-order valence-electron chi connectivity index (χ0n) is 9.52. The van der Waals surface area contributed by atoms with Gasteiger partial charge in [-0.2, -0.15) is 0 Å². The minimum absolute atomic E-state index is 0.0305. The number of aliphatic hydroxyl groups is 1. The topological polar surface area (TPSA) is 64.7 Å². The van der Waals surface area contributed by atoms with Crippen molar-refractivity contribution in [1.82, 2.24) is 0 Å². The summed E-state index contributed by atoms with van der Waals surface area (Å²) >= 11 is 0. The Balaban J connectivity index is 2.19. The molecule has 0 aliphatic heterocycles. The Labute approximate surface area is 91.7 Å². The highest BCUT2D eigenvalue weighted by atomic mass is 16.5. The Hall–Kier alpha value is -0.160. The summed E-state index contributed by atoms with van der Waals surface area (Å²) in [5, 5.41) is 9.14. The quantitative estimate of drug-likeness (QED) is 0.653. The maximum Gasteiger partial charge on any atom is 0.0978 e. The second-order valence-corrected chi connectivity index (χ2v) is 4.32. The highest BCUT2D eigenvalue weighted by Crippen LogP contribution is 2.25. The molecule has 1 rings (SSSR count). The van der Waals surface area contributed by atoms with Crippen LogP contribution in [0.25, 0.3) is 0 Å². The zero-order chi connectivity index (χ0) is 11.1. The number of aliphatic hydroxyl groups excluding tert-OH is 1. The lowest BCUT2D eigenvalue weighted by Gasteiger charge is -2.23. The molecule has 2 atom stereocenters. The van der Waals surface area contributed by atoms with Crippen LogP contribution in [0.4, 0.5) is 0 Å². The van der Waals surface area contributed by atoms with Gasteiger partial charge < -0.3 is 20.3 Å². The molecule has 4 heteroatoms. The molecule has 1 aliphatic rings. The predicted octanol–water partition coefficient (Wildman–Crippen LogP) is 0.528. The highest BCUT2D eigenvalue weighted by molar-refractivity contribution is 4.74. The first-order valence-electron chi connectivity index (χ1n) is 5.75. The van der Waals surface area contributed by atoms with Gasteiger partial charge in [-0.05, 0) is 18.8 Å². The van der Waals surface area contributed by atoms with Gasteiger partial charge in [0.15, 0.2) is 0 Å². The van der Waals surface area contributed by atoms with E-state index < -0.39 is 0 Å². The van der Waals surface area contributed by atoms with E-state index in [-0.39, 0.29) is 18.8 Å². The fraction of sp³-hybridized carbons (Fsp3) is 1.00. The summed E-state index contributed by atoms with van der Waals surface area (Å²) in [6.45, 7) is 1.12. The van der Waals surface area contributed by atoms with Crippen LogP contribution in [0.1, 0.15) is 25.7 Å². The third kappa shape index (κ3) is 4.47. The van der Waals surface area contributed by atoms with Crippen molar-refractivity contribution in [2.75, 3.05) is 26.9 Å². The lowest BCUT2D eigenvalue weighted by Crippen LogP contribution is -2.43. The predicted molar refractivity (Wildman–Crippen MR) is 58.6 cm³/mol. The van der Waals surface area contributed by atoms with Crippen molar-refractivity contribution in [3.05, 3.63) is 0 Å². The molecule has 90 valence electrons. The van der Waals surface area contributed by atoms with E-state index >= 15 is 0 Å². The molecule has 0 aromatic rings. The number of hydrogen-bond acceptors (Lipinski definition) is 4. The van der Waals surface area contributed by atoms with Crippen LogP contribution >= 0.6 is 0 Å². The van der Waals surface area contributed by atoms with Gasteiger partial charge in [0.2, 0.25) is 0 Å². The molecule has 0 radical (unpaired) electrons. The van der Waals surface area contributed by atoms with E-state index in [1.807, 2.05) is 0 Å². The van der Waals surface area contributed by atoms with Crippen molar-refractivity contribution in [3.8, 4) is 0 Å². The minimum Gasteiger partial charge on any atom is -0.394 e. The molecular weight excluding hydrogens is 194 g/mol. The van der Waals surface area contributed by atoms with E-state index in [0.29, 0.717) is 12.5 Å². The average molecular weight is 217 g/mol. The van der Waals surface area contributed by atoms with Crippen molar-refractivity contribution in [3.63, 3.8) is 0 Å². The van der Waals surface area contributed by atoms with Crippen LogP contribution < -0.4 is 5.73 Å². The summed E-state index contributed by atoms with van der Waals surface area (Å²) in [5.74, 6) is 0.661. The van der Waals surface area contributed by atoms with Gasteiger partial charge in [-0.25, -0.2) is 0 Å². The molecule has 1 saturated carbocycles. The Morgan fingerprint density at radius 3 is 2.60 bits per heavy atom. The second kappa shape index (κ2) is 7.17. The van der Waals surface area contributed by atoms with Gasteiger partial charge >= 0.3 is 0 Å². The second-order valence-electron chi connectivity index (χ2n) is 4.32. The van der Waals surface area contributed by atoms with Crippen LogP contribution in [0, 0.1) is 5.92 Å². The van der Waals surface area contributed by atoms with E-state index in [1.165, 1.54) is 25.7 Å². The lowest BCUT2D eigenvalue weighted by molar-refractivity contribution is -0.0307. The first kappa shape index (κ1) is 12.9. The monoisotopic (exact) mass is 217 g/mol. The summed E-state index contributed by atoms with van der Waals surface area (Å²) in [6, 6.07) is -0.235. The molecule has 0 aromatic heterocycles. The molecule has 0 aromatic carbocycles. The SMILES string of the molecule is COCC(N)C(CO)OCC1CCCC1. The third-order valence-electron chi connectivity index (χ3n) is 3.04. The summed E-state index contributed by atoms with van der Waals surface area (Å²) < 4.78 is 10.6. The molecule has 0 saturated heterocycles. The van der Waals surface area contributed by atoms with Crippen LogP contribution in [0.2, 0.25) is 0 Å². The van der Waals surface area contributed by atoms with Gasteiger partial charge in [0, 0.05) is 13.7 Å². The largest absolute Gasteiger partial charge is 0.394 e. The Morgan fingerprint density at radius 1 is 1.40 bits per heavy atom. The fourth-order valence-electron chi connectivity index (χ4n) is 2.05. The molecule has 2 unspecified atom stereocenters. The van der Waals surface area contributed by atoms with Gasteiger partial charge in [-0.15, -0.1) is 0 Å². The van der Waals surface area contributed by atoms with E-state index in [4.69, 9.17) is 20.3 Å². The highest BCUT2D eigenvalue weighted by Gasteiger charge is 2.21. The molecule has 15 heavy (non-hydrogen) atoms. The average Bonchev–Trinajstić information content (AvgIpc) is 2.72. The van der Waals surface area contributed by atoms with Crippen molar-refractivity contribution >= 4 is 0 Å². The van der Waals surface area contributed by atoms with Crippen LogP contribution in [-0.4, -0.2) is 44.2 Å². The van der Waals surface area contributed by atoms with Crippen molar-refractivity contribution in [2.24, 2.45) is 11.7 Å². The van der Waals surface area contributed by atoms with E-state index in [2.05, 4.69) is 0 Å². The molecular formula is C11H23NO3. The first-order chi connectivity index (χ1) is 7.27. The van der Waals surface area contributed by atoms with E-state index in [0.717, 1.165) is 6.61 Å². The Kier molecular flexibility index (Phi) is 6.17. The molecule has 3 N–H and O–H groups in total. The minimum atomic E-state index is -0.287. The van der Waals surface area contributed by atoms with Gasteiger partial charge in [0.25, 0.3) is 0 Å². The number of rotatable bonds is 7. The summed E-state index contributed by atoms with van der Waals surface area (Å²) in [5.41, 5.74) is 5.81. The Bertz CT molecular complexity index is 160. The maximum atomic E-state index is 9.14. The molecule has 0 heterocycles. The van der Waals surface area contributed by atoms with Crippen LogP contribution in [0.3, 0.4) is 0 Å². The molecule has 1 aliphatic carbocycles. The van der Waals surface area contributed by atoms with Crippen molar-refractivity contribution < 1.29 is 14.6 Å². The molecule has 0 spiro atoms. The molecule has 0 bridgehead atoms. The molecule has 1 fully saturated rings. The van der Waals surface area contributed by atoms with Gasteiger partial charge in [0.1, 0.15) is 0 Å². The first-order valence-corrected chi connectivity index (χ1v) is 5.75. The normalized spacial score (nSPS) is 21.8. The zero-order valence-corrected chi connectivity index (χ0v) is 9.52. The fourth-order valence-corrected chi connectivity index (χ4v) is 2.05. The van der Waals surface area contributed by atoms with Gasteiger partial charge in [-0.1, -0.05) is 12.8 Å². The van der Waals surface area contributed by atoms with Crippen LogP contribution in [0.15, 0.2) is 0 Å². The number of methoxy groups -OCH3 is 1. The standard InChI is InChI=1S/C11H23NO3/c1-14-8-10(12)11(6-13)15-7-9-4-2-3-5-9/h9-11,13H,2-8,12H2,1H3. The summed E-state index contributed by atoms with van der Waals surface area (Å²) in [6.07, 6.45) is 4.82. The van der Waals surface area contributed by atoms with Gasteiger partial charge in [0.05, 0.1) is 25.4 Å². The number of hydrogen-bond donors (Lipinski definition) is 2. The van der Waals surface area contributed by atoms with Crippen LogP contribution in [0.5, 0.6) is 0 Å². The molecule has 4 nitrogen and oxygen atoms in total. The smallest absolute Gasteiger partial charge is 0.0978 e. The Morgan fingerprint density at radius 2 is 2.07 bits per heavy atom. The number of ether oxygens (including phenoxy) is 2. The van der Waals surface area contributed by atoms with Crippen LogP contribution in [-0.2, 0) is 9.47 Å². The van der Waals surface area contributed by atoms with Crippen molar-refractivity contribution in [2.45, 2.75) is 37.8 Å². The lowest BCUT2D eigenvalue weighted by atomic mass is 10.1. The summed E-state index contributed by atoms with van der Waals surface area (Å²) in [4.78, 5) is 0. The van der Waals surface area contributed by atoms with E-state index in [1.54, 1.807) is 7.11 Å². The van der Waals surface area contributed by atoms with Crippen molar-refractivity contribution in [1.29, 1.82) is 0 Å². The maximum absolute atomic E-state index is 9.14. The van der Waals surface area contributed by atoms with E-state index in [9.17, 15) is 0 Å². The van der Waals surface area contributed by atoms with Gasteiger partial charge in [-0.3, -0.25) is 0 Å². The molecule has 0 amide bonds.